The second kappa shape index (κ2) is 7.47. The number of hydrogen-bond acceptors (Lipinski definition) is 4. The Kier molecular flexibility index (Phi) is 5.23. The lowest BCUT2D eigenvalue weighted by atomic mass is 9.86. The zero-order chi connectivity index (χ0) is 21.8. The lowest BCUT2D eigenvalue weighted by molar-refractivity contribution is -0.126. The fraction of sp³-hybridized carbons (Fsp3) is 0.375. The standard InChI is InChI=1S/C24H26ClN3OS/c1-13-14(2)30-23-21(13)22(16-7-9-17(25)10-8-16)27-18(11-20(29)24(4,5)6)19-12-26-15(3)28(19)23/h7-10,12,18H,11H2,1-6H3/t18-/m0/s1. The summed E-state index contributed by atoms with van der Waals surface area (Å²) in [7, 11) is 0. The fourth-order valence-corrected chi connectivity index (χ4v) is 5.10. The summed E-state index contributed by atoms with van der Waals surface area (Å²) in [5, 5.41) is 1.81. The molecule has 0 amide bonds. The topological polar surface area (TPSA) is 47.2 Å². The van der Waals surface area contributed by atoms with E-state index in [4.69, 9.17) is 16.6 Å². The van der Waals surface area contributed by atoms with Crippen LogP contribution in [0.5, 0.6) is 0 Å². The van der Waals surface area contributed by atoms with Gasteiger partial charge in [-0.15, -0.1) is 11.3 Å². The first-order chi connectivity index (χ1) is 14.1. The van der Waals surface area contributed by atoms with Gasteiger partial charge in [0.15, 0.2) is 0 Å². The molecule has 0 unspecified atom stereocenters. The lowest BCUT2D eigenvalue weighted by Crippen LogP contribution is -2.22. The predicted octanol–water partition coefficient (Wildman–Crippen LogP) is 6.41. The molecule has 156 valence electrons. The number of aromatic nitrogens is 2. The summed E-state index contributed by atoms with van der Waals surface area (Å²) in [5.74, 6) is 1.10. The van der Waals surface area contributed by atoms with Gasteiger partial charge in [-0.3, -0.25) is 14.4 Å². The largest absolute Gasteiger partial charge is 0.299 e. The molecule has 1 aliphatic heterocycles. The Morgan fingerprint density at radius 1 is 1.17 bits per heavy atom. The smallest absolute Gasteiger partial charge is 0.140 e. The maximum Gasteiger partial charge on any atom is 0.140 e. The number of carbonyl (C=O) groups excluding carboxylic acids is 1. The minimum Gasteiger partial charge on any atom is -0.299 e. The third-order valence-corrected chi connectivity index (χ3v) is 7.18. The third kappa shape index (κ3) is 3.54. The number of rotatable bonds is 3. The number of ketones is 1. The molecule has 1 aromatic carbocycles. The van der Waals surface area contributed by atoms with Crippen LogP contribution in [0.2, 0.25) is 5.02 Å². The number of benzene rings is 1. The van der Waals surface area contributed by atoms with E-state index in [1.165, 1.54) is 10.4 Å². The first-order valence-electron chi connectivity index (χ1n) is 10.1. The highest BCUT2D eigenvalue weighted by Crippen LogP contribution is 2.41. The van der Waals surface area contributed by atoms with E-state index >= 15 is 0 Å². The van der Waals surface area contributed by atoms with Gasteiger partial charge in [0, 0.05) is 32.9 Å². The van der Waals surface area contributed by atoms with Gasteiger partial charge in [0.05, 0.1) is 23.6 Å². The van der Waals surface area contributed by atoms with Crippen LogP contribution in [0.3, 0.4) is 0 Å². The van der Waals surface area contributed by atoms with Crippen molar-refractivity contribution in [3.05, 3.63) is 68.6 Å². The molecule has 2 aromatic heterocycles. The highest BCUT2D eigenvalue weighted by Gasteiger charge is 2.33. The Morgan fingerprint density at radius 2 is 1.83 bits per heavy atom. The molecular weight excluding hydrogens is 414 g/mol. The van der Waals surface area contributed by atoms with Gasteiger partial charge in [0.2, 0.25) is 0 Å². The average Bonchev–Trinajstić information content (AvgIpc) is 3.14. The molecule has 1 aliphatic rings. The Bertz CT molecular complexity index is 1160. The van der Waals surface area contributed by atoms with Gasteiger partial charge in [-0.2, -0.15) is 0 Å². The van der Waals surface area contributed by atoms with Crippen LogP contribution in [-0.2, 0) is 4.79 Å². The molecule has 0 bridgehead atoms. The first-order valence-corrected chi connectivity index (χ1v) is 11.3. The quantitative estimate of drug-likeness (QED) is 0.473. The number of hydrogen-bond donors (Lipinski definition) is 0. The van der Waals surface area contributed by atoms with Crippen molar-refractivity contribution in [1.82, 2.24) is 9.55 Å². The maximum absolute atomic E-state index is 13.0. The first kappa shape index (κ1) is 21.0. The van der Waals surface area contributed by atoms with E-state index in [-0.39, 0.29) is 11.8 Å². The van der Waals surface area contributed by atoms with Crippen LogP contribution in [0.1, 0.15) is 66.3 Å². The zero-order valence-corrected chi connectivity index (χ0v) is 19.8. The van der Waals surface area contributed by atoms with Gasteiger partial charge in [0.25, 0.3) is 0 Å². The van der Waals surface area contributed by atoms with Gasteiger partial charge >= 0.3 is 0 Å². The number of fused-ring (bicyclic) bond motifs is 3. The molecule has 1 atom stereocenters. The number of aliphatic imine (C=N–C) groups is 1. The number of nitrogens with zero attached hydrogens (tertiary/aromatic N) is 3. The molecular formula is C24H26ClN3OS. The molecule has 0 fully saturated rings. The summed E-state index contributed by atoms with van der Waals surface area (Å²) in [5.41, 5.74) is 4.80. The van der Waals surface area contributed by atoms with Gasteiger partial charge in [-0.1, -0.05) is 44.5 Å². The normalized spacial score (nSPS) is 16.0. The molecule has 30 heavy (non-hydrogen) atoms. The number of imidazole rings is 1. The minimum absolute atomic E-state index is 0.190. The Labute approximate surface area is 186 Å². The second-order valence-corrected chi connectivity index (χ2v) is 10.5. The molecule has 0 aliphatic carbocycles. The Morgan fingerprint density at radius 3 is 2.47 bits per heavy atom. The van der Waals surface area contributed by atoms with E-state index in [9.17, 15) is 4.79 Å². The van der Waals surface area contributed by atoms with Crippen molar-refractivity contribution in [2.75, 3.05) is 0 Å². The van der Waals surface area contributed by atoms with E-state index < -0.39 is 5.41 Å². The van der Waals surface area contributed by atoms with Crippen LogP contribution in [-0.4, -0.2) is 21.0 Å². The highest BCUT2D eigenvalue weighted by atomic mass is 35.5. The van der Waals surface area contributed by atoms with Crippen LogP contribution in [0.4, 0.5) is 0 Å². The number of halogens is 1. The Balaban J connectivity index is 1.98. The van der Waals surface area contributed by atoms with Gasteiger partial charge in [-0.25, -0.2) is 4.98 Å². The SMILES string of the molecule is Cc1sc2c(c1C)C(c1ccc(Cl)cc1)=N[C@@H](CC(=O)C(C)(C)C)c1cnc(C)n1-2. The van der Waals surface area contributed by atoms with Crippen molar-refractivity contribution >= 4 is 34.4 Å². The molecule has 4 nitrogen and oxygen atoms in total. The van der Waals surface area contributed by atoms with E-state index in [0.29, 0.717) is 11.4 Å². The van der Waals surface area contributed by atoms with E-state index in [0.717, 1.165) is 33.4 Å². The summed E-state index contributed by atoms with van der Waals surface area (Å²) in [6.07, 6.45) is 2.22. The summed E-state index contributed by atoms with van der Waals surface area (Å²) in [6.45, 7) is 12.2. The van der Waals surface area contributed by atoms with Gasteiger partial charge in [-0.05, 0) is 38.5 Å². The minimum atomic E-state index is -0.417. The van der Waals surface area contributed by atoms with Gasteiger partial charge < -0.3 is 0 Å². The summed E-state index contributed by atoms with van der Waals surface area (Å²) >= 11 is 7.90. The number of aryl methyl sites for hydroxylation is 2. The van der Waals surface area contributed by atoms with Gasteiger partial charge in [0.1, 0.15) is 16.6 Å². The van der Waals surface area contributed by atoms with Crippen LogP contribution in [0.25, 0.3) is 5.00 Å². The van der Waals surface area contributed by atoms with Crippen molar-refractivity contribution in [2.24, 2.45) is 10.4 Å². The van der Waals surface area contributed by atoms with Crippen LogP contribution < -0.4 is 0 Å². The number of carbonyl (C=O) groups is 1. The molecule has 3 aromatic rings. The van der Waals surface area contributed by atoms with Crippen LogP contribution in [0, 0.1) is 26.2 Å². The van der Waals surface area contributed by atoms with Crippen molar-refractivity contribution in [2.45, 2.75) is 54.0 Å². The number of thiophene rings is 1. The van der Waals surface area contributed by atoms with Crippen molar-refractivity contribution in [1.29, 1.82) is 0 Å². The average molecular weight is 440 g/mol. The fourth-order valence-electron chi connectivity index (χ4n) is 3.75. The molecule has 0 radical (unpaired) electrons. The van der Waals surface area contributed by atoms with Crippen LogP contribution in [0.15, 0.2) is 35.5 Å². The molecule has 4 rings (SSSR count). The zero-order valence-electron chi connectivity index (χ0n) is 18.2. The molecule has 0 N–H and O–H groups in total. The lowest BCUT2D eigenvalue weighted by Gasteiger charge is -2.20. The van der Waals surface area contributed by atoms with Crippen LogP contribution >= 0.6 is 22.9 Å². The Hall–Kier alpha value is -2.24. The maximum atomic E-state index is 13.0. The summed E-state index contributed by atoms with van der Waals surface area (Å²) in [4.78, 5) is 24.0. The summed E-state index contributed by atoms with van der Waals surface area (Å²) in [6, 6.07) is 7.50. The van der Waals surface area contributed by atoms with E-state index in [1.807, 2.05) is 58.2 Å². The molecule has 3 heterocycles. The van der Waals surface area contributed by atoms with Crippen molar-refractivity contribution in [3.63, 3.8) is 0 Å². The molecule has 0 saturated heterocycles. The summed E-state index contributed by atoms with van der Waals surface area (Å²) < 4.78 is 2.19. The molecule has 0 spiro atoms. The number of Topliss-reactive ketones (excluding diaryl/α,β-unsaturated/α-hetero) is 1. The van der Waals surface area contributed by atoms with E-state index in [1.54, 1.807) is 11.3 Å². The molecule has 0 saturated carbocycles. The second-order valence-electron chi connectivity index (χ2n) is 8.91. The third-order valence-electron chi connectivity index (χ3n) is 5.73. The predicted molar refractivity (Wildman–Crippen MR) is 125 cm³/mol. The van der Waals surface area contributed by atoms with Crippen molar-refractivity contribution in [3.8, 4) is 5.00 Å². The van der Waals surface area contributed by atoms with E-state index in [2.05, 4.69) is 23.4 Å². The molecule has 6 heteroatoms. The monoisotopic (exact) mass is 439 g/mol. The highest BCUT2D eigenvalue weighted by molar-refractivity contribution is 7.15. The van der Waals surface area contributed by atoms with Crippen molar-refractivity contribution < 1.29 is 4.79 Å².